The summed E-state index contributed by atoms with van der Waals surface area (Å²) in [6.07, 6.45) is -0.270. The van der Waals surface area contributed by atoms with Crippen LogP contribution in [0.3, 0.4) is 0 Å². The molecule has 1 amide bonds. The minimum absolute atomic E-state index is 0.270. The molecule has 0 fully saturated rings. The molecule has 0 aliphatic rings. The van der Waals surface area contributed by atoms with E-state index < -0.39 is 0 Å². The topological polar surface area (TPSA) is 29.5 Å². The molecule has 3 heteroatoms. The van der Waals surface area contributed by atoms with Gasteiger partial charge in [-0.25, -0.2) is 4.79 Å². The van der Waals surface area contributed by atoms with E-state index in [1.165, 1.54) is 7.11 Å². The molecule has 10 heavy (non-hydrogen) atoms. The standard InChI is InChI=1S/C7H15NO2/c1-6(2)5-8(3)7(9)10-4/h6H,5H2,1-4H3. The lowest BCUT2D eigenvalue weighted by molar-refractivity contribution is 0.129. The Kier molecular flexibility index (Phi) is 3.84. The first-order chi connectivity index (χ1) is 4.57. The largest absolute Gasteiger partial charge is 0.453 e. The summed E-state index contributed by atoms with van der Waals surface area (Å²) in [6, 6.07) is 0. The van der Waals surface area contributed by atoms with Crippen molar-refractivity contribution in [1.82, 2.24) is 4.90 Å². The van der Waals surface area contributed by atoms with Crippen molar-refractivity contribution in [3.8, 4) is 0 Å². The maximum Gasteiger partial charge on any atom is 0.409 e. The van der Waals surface area contributed by atoms with Crippen LogP contribution < -0.4 is 0 Å². The molecule has 0 bridgehead atoms. The lowest BCUT2D eigenvalue weighted by Crippen LogP contribution is -2.29. The zero-order valence-electron chi connectivity index (χ0n) is 7.05. The lowest BCUT2D eigenvalue weighted by atomic mass is 10.2. The van der Waals surface area contributed by atoms with Crippen LogP contribution in [0, 0.1) is 5.92 Å². The van der Waals surface area contributed by atoms with Gasteiger partial charge in [0.2, 0.25) is 0 Å². The summed E-state index contributed by atoms with van der Waals surface area (Å²) in [5.41, 5.74) is 0. The Bertz CT molecular complexity index is 112. The number of rotatable bonds is 2. The van der Waals surface area contributed by atoms with Crippen LogP contribution in [0.15, 0.2) is 0 Å². The highest BCUT2D eigenvalue weighted by atomic mass is 16.5. The molecular formula is C7H15NO2. The predicted molar refractivity (Wildman–Crippen MR) is 39.9 cm³/mol. The molecule has 0 aromatic rings. The number of carbonyl (C=O) groups excluding carboxylic acids is 1. The van der Waals surface area contributed by atoms with Gasteiger partial charge in [-0.05, 0) is 5.92 Å². The summed E-state index contributed by atoms with van der Waals surface area (Å²) in [7, 11) is 3.12. The Hall–Kier alpha value is -0.730. The van der Waals surface area contributed by atoms with Crippen LogP contribution in [0.5, 0.6) is 0 Å². The molecular weight excluding hydrogens is 130 g/mol. The van der Waals surface area contributed by atoms with E-state index in [9.17, 15) is 4.79 Å². The summed E-state index contributed by atoms with van der Waals surface area (Å²) in [5.74, 6) is 0.490. The highest BCUT2D eigenvalue weighted by molar-refractivity contribution is 5.66. The van der Waals surface area contributed by atoms with Gasteiger partial charge in [0, 0.05) is 13.6 Å². The van der Waals surface area contributed by atoms with Crippen LogP contribution in [0.25, 0.3) is 0 Å². The second-order valence-electron chi connectivity index (χ2n) is 2.74. The molecule has 0 atom stereocenters. The van der Waals surface area contributed by atoms with E-state index >= 15 is 0 Å². The smallest absolute Gasteiger partial charge is 0.409 e. The van der Waals surface area contributed by atoms with Gasteiger partial charge in [-0.15, -0.1) is 0 Å². The summed E-state index contributed by atoms with van der Waals surface area (Å²) in [6.45, 7) is 4.85. The summed E-state index contributed by atoms with van der Waals surface area (Å²) >= 11 is 0. The molecule has 0 aliphatic heterocycles. The highest BCUT2D eigenvalue weighted by Crippen LogP contribution is 1.96. The summed E-state index contributed by atoms with van der Waals surface area (Å²) in [5, 5.41) is 0. The molecule has 60 valence electrons. The van der Waals surface area contributed by atoms with Crippen molar-refractivity contribution in [2.45, 2.75) is 13.8 Å². The predicted octanol–water partition coefficient (Wildman–Crippen LogP) is 1.34. The second-order valence-corrected chi connectivity index (χ2v) is 2.74. The van der Waals surface area contributed by atoms with Gasteiger partial charge >= 0.3 is 6.09 Å². The Labute approximate surface area is 62.0 Å². The molecule has 0 spiro atoms. The molecule has 0 unspecified atom stereocenters. The molecule has 0 N–H and O–H groups in total. The van der Waals surface area contributed by atoms with Gasteiger partial charge in [-0.3, -0.25) is 0 Å². The molecule has 0 rings (SSSR count). The Morgan fingerprint density at radius 2 is 2.10 bits per heavy atom. The number of ether oxygens (including phenoxy) is 1. The van der Waals surface area contributed by atoms with Crippen molar-refractivity contribution in [1.29, 1.82) is 0 Å². The van der Waals surface area contributed by atoms with Crippen LogP contribution in [-0.2, 0) is 4.74 Å². The number of hydrogen-bond donors (Lipinski definition) is 0. The minimum atomic E-state index is -0.270. The molecule has 3 nitrogen and oxygen atoms in total. The van der Waals surface area contributed by atoms with Gasteiger partial charge in [0.15, 0.2) is 0 Å². The van der Waals surface area contributed by atoms with E-state index in [0.717, 1.165) is 6.54 Å². The molecule has 0 aromatic heterocycles. The first-order valence-corrected chi connectivity index (χ1v) is 3.37. The van der Waals surface area contributed by atoms with Crippen molar-refractivity contribution in [2.75, 3.05) is 20.7 Å². The number of carbonyl (C=O) groups is 1. The third kappa shape index (κ3) is 3.33. The van der Waals surface area contributed by atoms with Crippen molar-refractivity contribution < 1.29 is 9.53 Å². The number of amides is 1. The third-order valence-corrected chi connectivity index (χ3v) is 1.13. The fraction of sp³-hybridized carbons (Fsp3) is 0.857. The van der Waals surface area contributed by atoms with Crippen LogP contribution in [-0.4, -0.2) is 31.7 Å². The van der Waals surface area contributed by atoms with E-state index in [4.69, 9.17) is 0 Å². The van der Waals surface area contributed by atoms with E-state index in [0.29, 0.717) is 5.92 Å². The average molecular weight is 145 g/mol. The quantitative estimate of drug-likeness (QED) is 0.586. The van der Waals surface area contributed by atoms with Crippen molar-refractivity contribution in [3.05, 3.63) is 0 Å². The fourth-order valence-electron chi connectivity index (χ4n) is 0.778. The molecule has 0 radical (unpaired) electrons. The van der Waals surface area contributed by atoms with Gasteiger partial charge in [0.05, 0.1) is 7.11 Å². The maximum atomic E-state index is 10.8. The highest BCUT2D eigenvalue weighted by Gasteiger charge is 2.08. The molecule has 0 saturated heterocycles. The van der Waals surface area contributed by atoms with Gasteiger partial charge in [0.1, 0.15) is 0 Å². The van der Waals surface area contributed by atoms with Gasteiger partial charge < -0.3 is 9.64 Å². The van der Waals surface area contributed by atoms with Crippen LogP contribution in [0.4, 0.5) is 4.79 Å². The number of methoxy groups -OCH3 is 1. The fourth-order valence-corrected chi connectivity index (χ4v) is 0.778. The van der Waals surface area contributed by atoms with Gasteiger partial charge in [-0.2, -0.15) is 0 Å². The molecule has 0 heterocycles. The zero-order chi connectivity index (χ0) is 8.15. The third-order valence-electron chi connectivity index (χ3n) is 1.13. The monoisotopic (exact) mass is 145 g/mol. The van der Waals surface area contributed by atoms with E-state index in [2.05, 4.69) is 18.6 Å². The Balaban J connectivity index is 3.61. The van der Waals surface area contributed by atoms with Gasteiger partial charge in [0.25, 0.3) is 0 Å². The number of hydrogen-bond acceptors (Lipinski definition) is 2. The average Bonchev–Trinajstić information content (AvgIpc) is 1.85. The van der Waals surface area contributed by atoms with Crippen molar-refractivity contribution in [2.24, 2.45) is 5.92 Å². The van der Waals surface area contributed by atoms with Crippen LogP contribution in [0.2, 0.25) is 0 Å². The summed E-state index contributed by atoms with van der Waals surface area (Å²) < 4.78 is 4.50. The summed E-state index contributed by atoms with van der Waals surface area (Å²) in [4.78, 5) is 12.3. The maximum absolute atomic E-state index is 10.8. The first-order valence-electron chi connectivity index (χ1n) is 3.37. The van der Waals surface area contributed by atoms with E-state index in [-0.39, 0.29) is 6.09 Å². The van der Waals surface area contributed by atoms with E-state index in [1.807, 2.05) is 0 Å². The molecule has 0 saturated carbocycles. The second kappa shape index (κ2) is 4.14. The normalized spacial score (nSPS) is 9.70. The zero-order valence-corrected chi connectivity index (χ0v) is 7.05. The van der Waals surface area contributed by atoms with Gasteiger partial charge in [-0.1, -0.05) is 13.8 Å². The molecule has 0 aliphatic carbocycles. The lowest BCUT2D eigenvalue weighted by Gasteiger charge is -2.16. The Morgan fingerprint density at radius 1 is 1.60 bits per heavy atom. The molecule has 0 aromatic carbocycles. The van der Waals surface area contributed by atoms with Crippen molar-refractivity contribution in [3.63, 3.8) is 0 Å². The van der Waals surface area contributed by atoms with Crippen molar-refractivity contribution >= 4 is 6.09 Å². The van der Waals surface area contributed by atoms with Crippen LogP contribution in [0.1, 0.15) is 13.8 Å². The SMILES string of the molecule is COC(=O)N(C)CC(C)C. The Morgan fingerprint density at radius 3 is 2.40 bits per heavy atom. The van der Waals surface area contributed by atoms with E-state index in [1.54, 1.807) is 11.9 Å². The minimum Gasteiger partial charge on any atom is -0.453 e. The first kappa shape index (κ1) is 9.27. The number of nitrogens with zero attached hydrogens (tertiary/aromatic N) is 1. The van der Waals surface area contributed by atoms with Crippen LogP contribution >= 0.6 is 0 Å².